The average Bonchev–Trinajstić information content (AvgIpc) is 3.32. The van der Waals surface area contributed by atoms with E-state index < -0.39 is 5.97 Å². The molecule has 2 saturated heterocycles. The second-order valence-electron chi connectivity index (χ2n) is 7.93. The Morgan fingerprint density at radius 2 is 2.04 bits per heavy atom. The maximum atomic E-state index is 12.8. The molecule has 144 valence electrons. The molecule has 6 rings (SSSR count). The van der Waals surface area contributed by atoms with Crippen LogP contribution in [0.25, 0.3) is 10.9 Å². The van der Waals surface area contributed by atoms with Crippen molar-refractivity contribution in [3.63, 3.8) is 0 Å². The summed E-state index contributed by atoms with van der Waals surface area (Å²) in [6, 6.07) is 12.7. The fraction of sp³-hybridized carbons (Fsp3) is 0.364. The molecule has 0 N–H and O–H groups in total. The van der Waals surface area contributed by atoms with E-state index in [1.165, 1.54) is 0 Å². The highest BCUT2D eigenvalue weighted by atomic mass is 16.5. The molecule has 1 aliphatic carbocycles. The predicted molar refractivity (Wildman–Crippen MR) is 104 cm³/mol. The van der Waals surface area contributed by atoms with Gasteiger partial charge in [0, 0.05) is 30.5 Å². The van der Waals surface area contributed by atoms with E-state index in [4.69, 9.17) is 19.3 Å². The van der Waals surface area contributed by atoms with Gasteiger partial charge in [-0.05, 0) is 32.0 Å². The highest BCUT2D eigenvalue weighted by molar-refractivity contribution is 5.98. The van der Waals surface area contributed by atoms with Crippen molar-refractivity contribution >= 4 is 16.9 Å². The summed E-state index contributed by atoms with van der Waals surface area (Å²) in [6.07, 6.45) is 3.93. The van der Waals surface area contributed by atoms with E-state index in [0.717, 1.165) is 23.7 Å². The molecule has 3 heterocycles. The van der Waals surface area contributed by atoms with Crippen LogP contribution in [0, 0.1) is 0 Å². The topological polar surface area (TPSA) is 62.6 Å². The number of hydrogen-bond donors (Lipinski definition) is 0. The maximum Gasteiger partial charge on any atom is 0.347 e. The van der Waals surface area contributed by atoms with Gasteiger partial charge in [0.15, 0.2) is 0 Å². The highest BCUT2D eigenvalue weighted by Gasteiger charge is 2.61. The van der Waals surface area contributed by atoms with Gasteiger partial charge >= 0.3 is 5.97 Å². The molecule has 1 aromatic heterocycles. The van der Waals surface area contributed by atoms with Gasteiger partial charge in [0.05, 0.1) is 29.9 Å². The van der Waals surface area contributed by atoms with Gasteiger partial charge in [0.1, 0.15) is 17.1 Å². The zero-order valence-electron chi connectivity index (χ0n) is 16.0. The van der Waals surface area contributed by atoms with E-state index >= 15 is 0 Å². The first-order chi connectivity index (χ1) is 13.5. The number of carbonyl (C=O) groups excluding carboxylic acids is 1. The van der Waals surface area contributed by atoms with Crippen LogP contribution < -0.4 is 9.47 Å². The molecule has 3 aromatic rings. The summed E-state index contributed by atoms with van der Waals surface area (Å²) in [6.45, 7) is 5.16. The van der Waals surface area contributed by atoms with Gasteiger partial charge in [-0.25, -0.2) is 4.79 Å². The SMILES string of the molecule is CCOc1cc2nn(C34COC(C)(C3)C4)cc2cc1C(=O)Oc1ccccc1. The minimum Gasteiger partial charge on any atom is -0.493 e. The van der Waals surface area contributed by atoms with E-state index in [9.17, 15) is 4.79 Å². The number of rotatable bonds is 5. The largest absolute Gasteiger partial charge is 0.493 e. The van der Waals surface area contributed by atoms with Crippen molar-refractivity contribution in [2.24, 2.45) is 0 Å². The maximum absolute atomic E-state index is 12.8. The van der Waals surface area contributed by atoms with Crippen molar-refractivity contribution in [2.75, 3.05) is 13.2 Å². The third kappa shape index (κ3) is 2.67. The molecule has 0 spiro atoms. The molecule has 3 aliphatic rings. The Kier molecular flexibility index (Phi) is 3.74. The van der Waals surface area contributed by atoms with Gasteiger partial charge < -0.3 is 14.2 Å². The standard InChI is InChI=1S/C22H22N2O4/c1-3-26-19-10-18-15(9-17(19)20(25)28-16-7-5-4-6-8-16)11-24(23-18)22-12-21(2,13-22)27-14-22/h4-11H,3,12-14H2,1-2H3. The Balaban J connectivity index is 1.51. The van der Waals surface area contributed by atoms with Crippen LogP contribution in [-0.4, -0.2) is 34.6 Å². The number of para-hydroxylation sites is 1. The zero-order chi connectivity index (χ0) is 19.4. The lowest BCUT2D eigenvalue weighted by Crippen LogP contribution is -2.49. The fourth-order valence-corrected chi connectivity index (χ4v) is 4.46. The Morgan fingerprint density at radius 3 is 2.71 bits per heavy atom. The predicted octanol–water partition coefficient (Wildman–Crippen LogP) is 3.93. The van der Waals surface area contributed by atoms with Crippen LogP contribution in [0.1, 0.15) is 37.0 Å². The summed E-state index contributed by atoms with van der Waals surface area (Å²) in [5.74, 6) is 0.546. The van der Waals surface area contributed by atoms with E-state index in [-0.39, 0.29) is 11.1 Å². The number of hydrogen-bond acceptors (Lipinski definition) is 5. The van der Waals surface area contributed by atoms with Gasteiger partial charge in [-0.3, -0.25) is 4.68 Å². The summed E-state index contributed by atoms with van der Waals surface area (Å²) in [4.78, 5) is 12.8. The molecule has 1 saturated carbocycles. The van der Waals surface area contributed by atoms with Gasteiger partial charge in [0.2, 0.25) is 0 Å². The monoisotopic (exact) mass is 378 g/mol. The lowest BCUT2D eigenvalue weighted by molar-refractivity contribution is 0.00383. The van der Waals surface area contributed by atoms with E-state index in [2.05, 4.69) is 6.92 Å². The molecule has 0 amide bonds. The number of carbonyl (C=O) groups is 1. The van der Waals surface area contributed by atoms with Gasteiger partial charge in [-0.15, -0.1) is 0 Å². The molecule has 0 unspecified atom stereocenters. The number of ether oxygens (including phenoxy) is 3. The molecule has 0 radical (unpaired) electrons. The van der Waals surface area contributed by atoms with Crippen molar-refractivity contribution in [1.29, 1.82) is 0 Å². The molecule has 28 heavy (non-hydrogen) atoms. The Labute approximate surface area is 163 Å². The van der Waals surface area contributed by atoms with E-state index in [0.29, 0.717) is 30.3 Å². The van der Waals surface area contributed by atoms with Crippen LogP contribution in [0.2, 0.25) is 0 Å². The lowest BCUT2D eigenvalue weighted by atomic mass is 9.69. The number of nitrogens with zero attached hydrogens (tertiary/aromatic N) is 2. The Morgan fingerprint density at radius 1 is 1.25 bits per heavy atom. The van der Waals surface area contributed by atoms with Crippen LogP contribution in [0.15, 0.2) is 48.7 Å². The molecule has 3 fully saturated rings. The fourth-order valence-electron chi connectivity index (χ4n) is 4.46. The van der Waals surface area contributed by atoms with Crippen LogP contribution in [0.5, 0.6) is 11.5 Å². The normalized spacial score (nSPS) is 25.5. The van der Waals surface area contributed by atoms with Crippen molar-refractivity contribution in [3.8, 4) is 11.5 Å². The Hall–Kier alpha value is -2.86. The Bertz CT molecular complexity index is 1050. The minimum atomic E-state index is -0.442. The van der Waals surface area contributed by atoms with E-state index in [1.54, 1.807) is 18.2 Å². The summed E-state index contributed by atoms with van der Waals surface area (Å²) in [7, 11) is 0. The third-order valence-corrected chi connectivity index (χ3v) is 5.66. The van der Waals surface area contributed by atoms with Crippen LogP contribution >= 0.6 is 0 Å². The molecular formula is C22H22N2O4. The van der Waals surface area contributed by atoms with E-state index in [1.807, 2.05) is 42.1 Å². The summed E-state index contributed by atoms with van der Waals surface area (Å²) >= 11 is 0. The molecule has 0 atom stereocenters. The van der Waals surface area contributed by atoms with Gasteiger partial charge in [-0.1, -0.05) is 18.2 Å². The first-order valence-electron chi connectivity index (χ1n) is 9.58. The summed E-state index contributed by atoms with van der Waals surface area (Å²) < 4.78 is 19.1. The molecule has 6 nitrogen and oxygen atoms in total. The molecule has 2 aliphatic heterocycles. The molecule has 2 bridgehead atoms. The first-order valence-corrected chi connectivity index (χ1v) is 9.58. The third-order valence-electron chi connectivity index (χ3n) is 5.66. The highest BCUT2D eigenvalue weighted by Crippen LogP contribution is 2.55. The van der Waals surface area contributed by atoms with Crippen LogP contribution in [0.4, 0.5) is 0 Å². The smallest absolute Gasteiger partial charge is 0.347 e. The first kappa shape index (κ1) is 17.3. The molecule has 6 heteroatoms. The zero-order valence-corrected chi connectivity index (χ0v) is 16.0. The van der Waals surface area contributed by atoms with Crippen molar-refractivity contribution in [1.82, 2.24) is 9.78 Å². The number of benzene rings is 2. The number of fused-ring (bicyclic) bond motifs is 2. The second-order valence-corrected chi connectivity index (χ2v) is 7.93. The minimum absolute atomic E-state index is 0.0146. The number of aromatic nitrogens is 2. The summed E-state index contributed by atoms with van der Waals surface area (Å²) in [5.41, 5.74) is 1.12. The quantitative estimate of drug-likeness (QED) is 0.497. The van der Waals surface area contributed by atoms with Crippen LogP contribution in [0.3, 0.4) is 0 Å². The number of esters is 1. The second kappa shape index (κ2) is 6.07. The lowest BCUT2D eigenvalue weighted by Gasteiger charge is -2.42. The van der Waals surface area contributed by atoms with Gasteiger partial charge in [0.25, 0.3) is 0 Å². The van der Waals surface area contributed by atoms with Crippen molar-refractivity contribution < 1.29 is 19.0 Å². The molecule has 2 aromatic carbocycles. The molecular weight excluding hydrogens is 356 g/mol. The summed E-state index contributed by atoms with van der Waals surface area (Å²) in [5, 5.41) is 5.65. The van der Waals surface area contributed by atoms with Crippen LogP contribution in [-0.2, 0) is 10.3 Å². The van der Waals surface area contributed by atoms with Crippen molar-refractivity contribution in [3.05, 3.63) is 54.2 Å². The van der Waals surface area contributed by atoms with Gasteiger partial charge in [-0.2, -0.15) is 5.10 Å². The van der Waals surface area contributed by atoms with Crippen molar-refractivity contribution in [2.45, 2.75) is 37.8 Å². The average molecular weight is 378 g/mol.